The summed E-state index contributed by atoms with van der Waals surface area (Å²) in [4.78, 5) is 11.9. The van der Waals surface area contributed by atoms with E-state index in [9.17, 15) is 13.2 Å². The van der Waals surface area contributed by atoms with Crippen LogP contribution in [0, 0.1) is 0 Å². The van der Waals surface area contributed by atoms with E-state index in [0.29, 0.717) is 19.6 Å². The SMILES string of the molecule is CCOc1ccc(NCC(=O)NCCc2ccc(S(N)(=O)=O)cc2)cc1. The third-order valence-corrected chi connectivity index (χ3v) is 4.54. The zero-order valence-electron chi connectivity index (χ0n) is 14.6. The molecule has 1 amide bonds. The number of primary sulfonamides is 1. The highest BCUT2D eigenvalue weighted by molar-refractivity contribution is 7.89. The van der Waals surface area contributed by atoms with Crippen LogP contribution < -0.4 is 20.5 Å². The summed E-state index contributed by atoms with van der Waals surface area (Å²) in [5.74, 6) is 0.663. The predicted molar refractivity (Wildman–Crippen MR) is 101 cm³/mol. The second kappa shape index (κ2) is 9.21. The summed E-state index contributed by atoms with van der Waals surface area (Å²) in [5, 5.41) is 10.9. The first-order valence-electron chi connectivity index (χ1n) is 8.23. The first-order valence-corrected chi connectivity index (χ1v) is 9.78. The van der Waals surface area contributed by atoms with Gasteiger partial charge in [-0.25, -0.2) is 13.6 Å². The van der Waals surface area contributed by atoms with Gasteiger partial charge in [0.05, 0.1) is 18.0 Å². The van der Waals surface area contributed by atoms with E-state index in [1.807, 2.05) is 31.2 Å². The molecule has 0 aliphatic rings. The van der Waals surface area contributed by atoms with E-state index in [2.05, 4.69) is 10.6 Å². The first-order chi connectivity index (χ1) is 12.4. The molecule has 0 heterocycles. The molecule has 140 valence electrons. The van der Waals surface area contributed by atoms with E-state index < -0.39 is 10.0 Å². The number of benzene rings is 2. The Morgan fingerprint density at radius 3 is 2.31 bits per heavy atom. The number of amides is 1. The number of nitrogens with two attached hydrogens (primary N) is 1. The van der Waals surface area contributed by atoms with Crippen LogP contribution in [0.3, 0.4) is 0 Å². The van der Waals surface area contributed by atoms with Crippen molar-refractivity contribution in [1.29, 1.82) is 0 Å². The minimum atomic E-state index is -3.68. The van der Waals surface area contributed by atoms with Crippen molar-refractivity contribution in [2.45, 2.75) is 18.2 Å². The van der Waals surface area contributed by atoms with Gasteiger partial charge in [0.15, 0.2) is 0 Å². The van der Waals surface area contributed by atoms with Crippen molar-refractivity contribution in [2.75, 3.05) is 25.0 Å². The lowest BCUT2D eigenvalue weighted by molar-refractivity contribution is -0.119. The minimum absolute atomic E-state index is 0.0739. The molecule has 0 spiro atoms. The maximum atomic E-state index is 11.9. The molecule has 0 aliphatic carbocycles. The maximum Gasteiger partial charge on any atom is 0.239 e. The molecule has 26 heavy (non-hydrogen) atoms. The highest BCUT2D eigenvalue weighted by Crippen LogP contribution is 2.15. The fourth-order valence-electron chi connectivity index (χ4n) is 2.27. The van der Waals surface area contributed by atoms with Crippen LogP contribution >= 0.6 is 0 Å². The van der Waals surface area contributed by atoms with Gasteiger partial charge in [0.2, 0.25) is 15.9 Å². The van der Waals surface area contributed by atoms with Gasteiger partial charge in [-0.2, -0.15) is 0 Å². The van der Waals surface area contributed by atoms with Gasteiger partial charge in [-0.1, -0.05) is 12.1 Å². The van der Waals surface area contributed by atoms with E-state index in [4.69, 9.17) is 9.88 Å². The summed E-state index contributed by atoms with van der Waals surface area (Å²) in [6.45, 7) is 3.15. The third kappa shape index (κ3) is 6.38. The molecule has 7 nitrogen and oxygen atoms in total. The number of rotatable bonds is 9. The molecule has 0 aliphatic heterocycles. The lowest BCUT2D eigenvalue weighted by atomic mass is 10.1. The van der Waals surface area contributed by atoms with Crippen molar-refractivity contribution >= 4 is 21.6 Å². The largest absolute Gasteiger partial charge is 0.494 e. The smallest absolute Gasteiger partial charge is 0.239 e. The van der Waals surface area contributed by atoms with Crippen molar-refractivity contribution in [3.05, 3.63) is 54.1 Å². The van der Waals surface area contributed by atoms with Crippen molar-refractivity contribution in [2.24, 2.45) is 5.14 Å². The second-order valence-electron chi connectivity index (χ2n) is 5.60. The van der Waals surface area contributed by atoms with Crippen LogP contribution in [0.1, 0.15) is 12.5 Å². The molecule has 0 fully saturated rings. The summed E-state index contributed by atoms with van der Waals surface area (Å²) in [5.41, 5.74) is 1.75. The van der Waals surface area contributed by atoms with Crippen LogP contribution in [0.4, 0.5) is 5.69 Å². The van der Waals surface area contributed by atoms with Crippen LogP contribution in [0.15, 0.2) is 53.4 Å². The Hall–Kier alpha value is -2.58. The standard InChI is InChI=1S/C18H23N3O4S/c1-2-25-16-7-5-15(6-8-16)21-13-18(22)20-12-11-14-3-9-17(10-4-14)26(19,23)24/h3-10,21H,2,11-13H2,1H3,(H,20,22)(H2,19,23,24). The first kappa shape index (κ1) is 19.7. The second-order valence-corrected chi connectivity index (χ2v) is 7.16. The Labute approximate surface area is 153 Å². The molecule has 0 bridgehead atoms. The lowest BCUT2D eigenvalue weighted by Crippen LogP contribution is -2.31. The van der Waals surface area contributed by atoms with Crippen molar-refractivity contribution < 1.29 is 17.9 Å². The average molecular weight is 377 g/mol. The molecule has 0 aromatic heterocycles. The molecule has 0 saturated heterocycles. The third-order valence-electron chi connectivity index (χ3n) is 3.61. The normalized spacial score (nSPS) is 11.0. The molecule has 4 N–H and O–H groups in total. The number of hydrogen-bond acceptors (Lipinski definition) is 5. The summed E-state index contributed by atoms with van der Waals surface area (Å²) < 4.78 is 27.7. The maximum absolute atomic E-state index is 11.9. The summed E-state index contributed by atoms with van der Waals surface area (Å²) in [6, 6.07) is 13.7. The monoisotopic (exact) mass is 377 g/mol. The van der Waals surface area contributed by atoms with Gasteiger partial charge in [-0.05, 0) is 55.3 Å². The van der Waals surface area contributed by atoms with Crippen LogP contribution in [0.2, 0.25) is 0 Å². The molecule has 2 rings (SSSR count). The van der Waals surface area contributed by atoms with Crippen LogP contribution in [-0.2, 0) is 21.2 Å². The van der Waals surface area contributed by atoms with Gasteiger partial charge >= 0.3 is 0 Å². The van der Waals surface area contributed by atoms with Crippen molar-refractivity contribution in [3.8, 4) is 5.75 Å². The number of carbonyl (C=O) groups excluding carboxylic acids is 1. The van der Waals surface area contributed by atoms with Gasteiger partial charge in [0.1, 0.15) is 5.75 Å². The molecule has 2 aromatic carbocycles. The minimum Gasteiger partial charge on any atom is -0.494 e. The van der Waals surface area contributed by atoms with E-state index in [1.165, 1.54) is 12.1 Å². The zero-order chi connectivity index (χ0) is 19.0. The van der Waals surface area contributed by atoms with E-state index in [1.54, 1.807) is 12.1 Å². The fourth-order valence-corrected chi connectivity index (χ4v) is 2.79. The zero-order valence-corrected chi connectivity index (χ0v) is 15.4. The van der Waals surface area contributed by atoms with Gasteiger partial charge < -0.3 is 15.4 Å². The van der Waals surface area contributed by atoms with Crippen LogP contribution in [0.25, 0.3) is 0 Å². The van der Waals surface area contributed by atoms with Crippen molar-refractivity contribution in [1.82, 2.24) is 5.32 Å². The predicted octanol–water partition coefficient (Wildman–Crippen LogP) is 1.50. The number of hydrogen-bond donors (Lipinski definition) is 3. The fraction of sp³-hybridized carbons (Fsp3) is 0.278. The van der Waals surface area contributed by atoms with E-state index in [0.717, 1.165) is 17.0 Å². The number of ether oxygens (including phenoxy) is 1. The van der Waals surface area contributed by atoms with Gasteiger partial charge in [0.25, 0.3) is 0 Å². The van der Waals surface area contributed by atoms with E-state index >= 15 is 0 Å². The van der Waals surface area contributed by atoms with Gasteiger partial charge in [0, 0.05) is 12.2 Å². The lowest BCUT2D eigenvalue weighted by Gasteiger charge is -2.09. The molecule has 0 unspecified atom stereocenters. The summed E-state index contributed by atoms with van der Waals surface area (Å²) >= 11 is 0. The number of nitrogens with one attached hydrogen (secondary N) is 2. The van der Waals surface area contributed by atoms with Crippen LogP contribution in [-0.4, -0.2) is 34.0 Å². The van der Waals surface area contributed by atoms with Gasteiger partial charge in [-0.3, -0.25) is 4.79 Å². The average Bonchev–Trinajstić information content (AvgIpc) is 2.61. The molecule has 0 radical (unpaired) electrons. The Morgan fingerprint density at radius 2 is 1.73 bits per heavy atom. The molecular weight excluding hydrogens is 354 g/mol. The highest BCUT2D eigenvalue weighted by atomic mass is 32.2. The Bertz CT molecular complexity index is 819. The Morgan fingerprint density at radius 1 is 1.08 bits per heavy atom. The molecule has 0 atom stereocenters. The van der Waals surface area contributed by atoms with Crippen molar-refractivity contribution in [3.63, 3.8) is 0 Å². The number of carbonyl (C=O) groups is 1. The highest BCUT2D eigenvalue weighted by Gasteiger charge is 2.07. The van der Waals surface area contributed by atoms with E-state index in [-0.39, 0.29) is 17.3 Å². The molecule has 8 heteroatoms. The quantitative estimate of drug-likeness (QED) is 0.613. The molecular formula is C18H23N3O4S. The Kier molecular flexibility index (Phi) is 6.99. The number of anilines is 1. The Balaban J connectivity index is 1.71. The topological polar surface area (TPSA) is 111 Å². The molecule has 0 saturated carbocycles. The summed E-state index contributed by atoms with van der Waals surface area (Å²) in [6.07, 6.45) is 0.597. The number of sulfonamides is 1. The van der Waals surface area contributed by atoms with Crippen LogP contribution in [0.5, 0.6) is 5.75 Å². The molecule has 2 aromatic rings. The summed E-state index contributed by atoms with van der Waals surface area (Å²) in [7, 11) is -3.68. The van der Waals surface area contributed by atoms with Gasteiger partial charge in [-0.15, -0.1) is 0 Å².